The summed E-state index contributed by atoms with van der Waals surface area (Å²) in [6, 6.07) is 2.12. The highest BCUT2D eigenvalue weighted by molar-refractivity contribution is 7.10. The quantitative estimate of drug-likeness (QED) is 0.787. The minimum absolute atomic E-state index is 0.333. The molecule has 0 radical (unpaired) electrons. The fraction of sp³-hybridized carbons (Fsp3) is 0.667. The summed E-state index contributed by atoms with van der Waals surface area (Å²) in [4.78, 5) is 1.90. The van der Waals surface area contributed by atoms with Gasteiger partial charge in [0.25, 0.3) is 5.92 Å². The predicted octanol–water partition coefficient (Wildman–Crippen LogP) is 2.80. The van der Waals surface area contributed by atoms with E-state index < -0.39 is 17.3 Å². The molecule has 3 rings (SSSR count). The Kier molecular flexibility index (Phi) is 2.25. The third-order valence-electron chi connectivity index (χ3n) is 4.43. The van der Waals surface area contributed by atoms with Crippen molar-refractivity contribution in [2.45, 2.75) is 26.2 Å². The van der Waals surface area contributed by atoms with Crippen LogP contribution in [0.1, 0.15) is 24.6 Å². The van der Waals surface area contributed by atoms with Crippen LogP contribution in [0.4, 0.5) is 13.8 Å². The summed E-state index contributed by atoms with van der Waals surface area (Å²) < 4.78 is 31.5. The summed E-state index contributed by atoms with van der Waals surface area (Å²) >= 11 is 1.24. The van der Waals surface area contributed by atoms with Gasteiger partial charge in [0.2, 0.25) is 0 Å². The van der Waals surface area contributed by atoms with Gasteiger partial charge in [0, 0.05) is 18.5 Å². The van der Waals surface area contributed by atoms with E-state index in [0.29, 0.717) is 30.8 Å². The van der Waals surface area contributed by atoms with Crippen molar-refractivity contribution in [1.82, 2.24) is 4.37 Å². The van der Waals surface area contributed by atoms with Gasteiger partial charge in [-0.05, 0) is 24.9 Å². The Morgan fingerprint density at radius 1 is 1.56 bits per heavy atom. The first-order valence-corrected chi connectivity index (χ1v) is 6.68. The fourth-order valence-electron chi connectivity index (χ4n) is 2.90. The van der Waals surface area contributed by atoms with Gasteiger partial charge in [-0.2, -0.15) is 9.64 Å². The first-order valence-electron chi connectivity index (χ1n) is 5.91. The molecule has 1 saturated carbocycles. The molecule has 0 amide bonds. The van der Waals surface area contributed by atoms with Crippen LogP contribution in [0, 0.1) is 29.6 Å². The van der Waals surface area contributed by atoms with Crippen molar-refractivity contribution in [2.24, 2.45) is 11.3 Å². The molecular weight excluding hydrogens is 256 g/mol. The number of rotatable bonds is 1. The van der Waals surface area contributed by atoms with E-state index in [9.17, 15) is 8.78 Å². The molecular formula is C12H13F2N3S. The number of anilines is 1. The lowest BCUT2D eigenvalue weighted by Gasteiger charge is -2.28. The molecule has 2 heterocycles. The molecule has 18 heavy (non-hydrogen) atoms. The van der Waals surface area contributed by atoms with Crippen molar-refractivity contribution in [3.63, 3.8) is 0 Å². The zero-order chi connectivity index (χ0) is 13.1. The SMILES string of the molecule is Cc1nsc(N2CCC3(C)C(C2)C3(F)F)c1C#N. The minimum atomic E-state index is -2.55. The van der Waals surface area contributed by atoms with Gasteiger partial charge >= 0.3 is 0 Å². The molecule has 2 atom stereocenters. The molecule has 0 bridgehead atoms. The number of hydrogen-bond acceptors (Lipinski definition) is 4. The summed E-state index contributed by atoms with van der Waals surface area (Å²) in [6.07, 6.45) is 0.479. The van der Waals surface area contributed by atoms with Gasteiger partial charge < -0.3 is 4.90 Å². The van der Waals surface area contributed by atoms with E-state index in [1.54, 1.807) is 13.8 Å². The third-order valence-corrected chi connectivity index (χ3v) is 5.43. The normalized spacial score (nSPS) is 32.8. The third kappa shape index (κ3) is 1.28. The molecule has 1 aromatic rings. The Morgan fingerprint density at radius 3 is 2.89 bits per heavy atom. The van der Waals surface area contributed by atoms with E-state index in [1.165, 1.54) is 11.5 Å². The van der Waals surface area contributed by atoms with Crippen LogP contribution in [0.15, 0.2) is 0 Å². The Bertz CT molecular complexity index is 548. The van der Waals surface area contributed by atoms with Crippen molar-refractivity contribution in [2.75, 3.05) is 18.0 Å². The van der Waals surface area contributed by atoms with Crippen molar-refractivity contribution < 1.29 is 8.78 Å². The molecule has 0 aromatic carbocycles. The lowest BCUT2D eigenvalue weighted by molar-refractivity contribution is 0.0636. The van der Waals surface area contributed by atoms with E-state index in [4.69, 9.17) is 5.26 Å². The summed E-state index contributed by atoms with van der Waals surface area (Å²) in [5.74, 6) is -3.12. The molecule has 1 saturated heterocycles. The Balaban J connectivity index is 1.87. The molecule has 2 unspecified atom stereocenters. The van der Waals surface area contributed by atoms with E-state index in [2.05, 4.69) is 10.4 Å². The maximum absolute atomic E-state index is 13.7. The van der Waals surface area contributed by atoms with Gasteiger partial charge in [-0.25, -0.2) is 8.78 Å². The summed E-state index contributed by atoms with van der Waals surface area (Å²) in [5, 5.41) is 9.84. The standard InChI is InChI=1S/C12H13F2N3S/c1-7-8(5-15)10(18-16-7)17-4-3-11(2)9(6-17)12(11,13)14/h9H,3-4,6H2,1-2H3. The van der Waals surface area contributed by atoms with Gasteiger partial charge in [-0.1, -0.05) is 6.92 Å². The molecule has 2 fully saturated rings. The molecule has 96 valence electrons. The maximum atomic E-state index is 13.7. The summed E-state index contributed by atoms with van der Waals surface area (Å²) in [5.41, 5.74) is 0.400. The second kappa shape index (κ2) is 3.41. The van der Waals surface area contributed by atoms with E-state index in [1.807, 2.05) is 4.90 Å². The van der Waals surface area contributed by atoms with Crippen LogP contribution in [-0.2, 0) is 0 Å². The van der Waals surface area contributed by atoms with Crippen molar-refractivity contribution >= 4 is 16.5 Å². The van der Waals surface area contributed by atoms with Crippen molar-refractivity contribution in [1.29, 1.82) is 5.26 Å². The lowest BCUT2D eigenvalue weighted by atomic mass is 9.97. The zero-order valence-electron chi connectivity index (χ0n) is 10.2. The average Bonchev–Trinajstić information content (AvgIpc) is 2.63. The monoisotopic (exact) mass is 269 g/mol. The number of nitriles is 1. The van der Waals surface area contributed by atoms with Gasteiger partial charge in [-0.15, -0.1) is 0 Å². The number of halogens is 2. The number of alkyl halides is 2. The van der Waals surface area contributed by atoms with Crippen LogP contribution in [0.2, 0.25) is 0 Å². The summed E-state index contributed by atoms with van der Waals surface area (Å²) in [7, 11) is 0. The minimum Gasteiger partial charge on any atom is -0.361 e. The Labute approximate surface area is 108 Å². The highest BCUT2D eigenvalue weighted by Crippen LogP contribution is 2.69. The van der Waals surface area contributed by atoms with E-state index in [-0.39, 0.29) is 0 Å². The molecule has 1 aliphatic heterocycles. The molecule has 3 nitrogen and oxygen atoms in total. The molecule has 2 aliphatic rings. The molecule has 1 aromatic heterocycles. The zero-order valence-corrected chi connectivity index (χ0v) is 11.0. The number of nitrogens with zero attached hydrogens (tertiary/aromatic N) is 3. The smallest absolute Gasteiger partial charge is 0.259 e. The highest BCUT2D eigenvalue weighted by atomic mass is 32.1. The number of hydrogen-bond donors (Lipinski definition) is 0. The van der Waals surface area contributed by atoms with Crippen molar-refractivity contribution in [3.05, 3.63) is 11.3 Å². The van der Waals surface area contributed by atoms with Crippen LogP contribution in [0.3, 0.4) is 0 Å². The topological polar surface area (TPSA) is 39.9 Å². The van der Waals surface area contributed by atoms with Crippen LogP contribution in [0.5, 0.6) is 0 Å². The van der Waals surface area contributed by atoms with Gasteiger partial charge in [0.15, 0.2) is 0 Å². The number of aryl methyl sites for hydroxylation is 1. The second-order valence-corrected chi connectivity index (χ2v) is 6.10. The molecule has 0 N–H and O–H groups in total. The van der Waals surface area contributed by atoms with Gasteiger partial charge in [0.05, 0.1) is 11.6 Å². The first-order chi connectivity index (χ1) is 8.41. The Morgan fingerprint density at radius 2 is 2.28 bits per heavy atom. The average molecular weight is 269 g/mol. The lowest BCUT2D eigenvalue weighted by Crippen LogP contribution is -2.33. The number of aromatic nitrogens is 1. The van der Waals surface area contributed by atoms with Crippen LogP contribution < -0.4 is 4.90 Å². The van der Waals surface area contributed by atoms with Crippen LogP contribution >= 0.6 is 11.5 Å². The molecule has 6 heteroatoms. The predicted molar refractivity (Wildman–Crippen MR) is 64.9 cm³/mol. The van der Waals surface area contributed by atoms with Crippen LogP contribution in [-0.4, -0.2) is 23.4 Å². The van der Waals surface area contributed by atoms with Gasteiger partial charge in [-0.3, -0.25) is 0 Å². The van der Waals surface area contributed by atoms with Crippen LogP contribution in [0.25, 0.3) is 0 Å². The van der Waals surface area contributed by atoms with Gasteiger partial charge in [0.1, 0.15) is 16.6 Å². The molecule has 0 spiro atoms. The largest absolute Gasteiger partial charge is 0.361 e. The molecule has 1 aliphatic carbocycles. The summed E-state index contributed by atoms with van der Waals surface area (Å²) in [6.45, 7) is 4.36. The number of fused-ring (bicyclic) bond motifs is 1. The Hall–Kier alpha value is -1.22. The first kappa shape index (κ1) is 11.8. The van der Waals surface area contributed by atoms with Crippen molar-refractivity contribution in [3.8, 4) is 6.07 Å². The fourth-order valence-corrected chi connectivity index (χ4v) is 3.78. The van der Waals surface area contributed by atoms with E-state index >= 15 is 0 Å². The second-order valence-electron chi connectivity index (χ2n) is 5.35. The van der Waals surface area contributed by atoms with E-state index in [0.717, 1.165) is 5.00 Å². The number of piperidine rings is 1. The highest BCUT2D eigenvalue weighted by Gasteiger charge is 2.78. The maximum Gasteiger partial charge on any atom is 0.259 e.